The van der Waals surface area contributed by atoms with Gasteiger partial charge in [0.15, 0.2) is 0 Å². The highest BCUT2D eigenvalue weighted by Gasteiger charge is 2.36. The predicted molar refractivity (Wildman–Crippen MR) is 71.7 cm³/mol. The molecule has 3 rings (SSSR count). The van der Waals surface area contributed by atoms with Crippen LogP contribution in [0.2, 0.25) is 0 Å². The van der Waals surface area contributed by atoms with Crippen molar-refractivity contribution in [2.75, 3.05) is 26.2 Å². The summed E-state index contributed by atoms with van der Waals surface area (Å²) in [6.07, 6.45) is 4.65. The summed E-state index contributed by atoms with van der Waals surface area (Å²) in [4.78, 5) is 14.2. The Bertz CT molecular complexity index is 452. The minimum absolute atomic E-state index is 0.107. The van der Waals surface area contributed by atoms with E-state index in [4.69, 9.17) is 0 Å². The second-order valence-electron chi connectivity index (χ2n) is 5.38. The standard InChI is InChI=1S/C14H21N3O/c18-14-3-1-2-7-17(14)10-9-16-8-6-15-11-13(16)12-4-5-12/h1-3,7,12-13,15H,4-6,8-11H2. The number of piperazine rings is 1. The van der Waals surface area contributed by atoms with E-state index in [2.05, 4.69) is 10.2 Å². The van der Waals surface area contributed by atoms with Gasteiger partial charge in [-0.1, -0.05) is 6.07 Å². The van der Waals surface area contributed by atoms with Gasteiger partial charge in [0.25, 0.3) is 5.56 Å². The first-order valence-corrected chi connectivity index (χ1v) is 6.95. The van der Waals surface area contributed by atoms with Crippen molar-refractivity contribution < 1.29 is 0 Å². The molecule has 1 N–H and O–H groups in total. The average Bonchev–Trinajstić information content (AvgIpc) is 3.23. The van der Waals surface area contributed by atoms with E-state index in [1.54, 1.807) is 12.1 Å². The van der Waals surface area contributed by atoms with Crippen molar-refractivity contribution >= 4 is 0 Å². The third kappa shape index (κ3) is 2.65. The topological polar surface area (TPSA) is 37.3 Å². The molecule has 4 nitrogen and oxygen atoms in total. The maximum absolute atomic E-state index is 11.7. The van der Waals surface area contributed by atoms with Gasteiger partial charge in [0.2, 0.25) is 0 Å². The zero-order valence-corrected chi connectivity index (χ0v) is 10.7. The molecule has 1 atom stereocenters. The fourth-order valence-corrected chi connectivity index (χ4v) is 2.87. The smallest absolute Gasteiger partial charge is 0.250 e. The largest absolute Gasteiger partial charge is 0.314 e. The van der Waals surface area contributed by atoms with Crippen molar-refractivity contribution in [1.29, 1.82) is 0 Å². The maximum atomic E-state index is 11.7. The number of hydrogen-bond acceptors (Lipinski definition) is 3. The van der Waals surface area contributed by atoms with Crippen LogP contribution in [0.1, 0.15) is 12.8 Å². The molecule has 18 heavy (non-hydrogen) atoms. The van der Waals surface area contributed by atoms with Crippen molar-refractivity contribution in [3.8, 4) is 0 Å². The summed E-state index contributed by atoms with van der Waals surface area (Å²) in [5, 5.41) is 3.49. The van der Waals surface area contributed by atoms with Crippen LogP contribution in [0.25, 0.3) is 0 Å². The molecule has 1 saturated heterocycles. The Labute approximate surface area is 108 Å². The van der Waals surface area contributed by atoms with Crippen LogP contribution in [0.3, 0.4) is 0 Å². The highest BCUT2D eigenvalue weighted by Crippen LogP contribution is 2.35. The minimum Gasteiger partial charge on any atom is -0.314 e. The molecular weight excluding hydrogens is 226 g/mol. The van der Waals surface area contributed by atoms with Crippen LogP contribution in [0.4, 0.5) is 0 Å². The monoisotopic (exact) mass is 247 g/mol. The molecule has 1 aromatic rings. The average molecular weight is 247 g/mol. The number of hydrogen-bond donors (Lipinski definition) is 1. The van der Waals surface area contributed by atoms with Gasteiger partial charge in [-0.15, -0.1) is 0 Å². The Morgan fingerprint density at radius 1 is 1.28 bits per heavy atom. The van der Waals surface area contributed by atoms with Gasteiger partial charge >= 0.3 is 0 Å². The number of pyridine rings is 1. The van der Waals surface area contributed by atoms with E-state index in [-0.39, 0.29) is 5.56 Å². The van der Waals surface area contributed by atoms with Crippen molar-refractivity contribution in [2.45, 2.75) is 25.4 Å². The molecule has 1 aromatic heterocycles. The first kappa shape index (κ1) is 11.9. The number of rotatable bonds is 4. The zero-order chi connectivity index (χ0) is 12.4. The Kier molecular flexibility index (Phi) is 3.48. The van der Waals surface area contributed by atoms with Gasteiger partial charge < -0.3 is 9.88 Å². The molecule has 0 aromatic carbocycles. The van der Waals surface area contributed by atoms with E-state index in [1.165, 1.54) is 12.8 Å². The van der Waals surface area contributed by atoms with Crippen LogP contribution in [0.15, 0.2) is 29.2 Å². The Hall–Kier alpha value is -1.13. The summed E-state index contributed by atoms with van der Waals surface area (Å²) < 4.78 is 1.81. The highest BCUT2D eigenvalue weighted by atomic mass is 16.1. The van der Waals surface area contributed by atoms with Gasteiger partial charge in [0.1, 0.15) is 0 Å². The van der Waals surface area contributed by atoms with Crippen molar-refractivity contribution in [1.82, 2.24) is 14.8 Å². The van der Waals surface area contributed by atoms with Crippen LogP contribution >= 0.6 is 0 Å². The Balaban J connectivity index is 1.61. The third-order valence-electron chi connectivity index (χ3n) is 4.09. The quantitative estimate of drug-likeness (QED) is 0.843. The summed E-state index contributed by atoms with van der Waals surface area (Å²) >= 11 is 0. The van der Waals surface area contributed by atoms with Crippen molar-refractivity contribution in [3.63, 3.8) is 0 Å². The molecule has 0 amide bonds. The van der Waals surface area contributed by atoms with Crippen LogP contribution in [0, 0.1) is 5.92 Å². The summed E-state index contributed by atoms with van der Waals surface area (Å²) in [6, 6.07) is 6.06. The Morgan fingerprint density at radius 3 is 2.94 bits per heavy atom. The second-order valence-corrected chi connectivity index (χ2v) is 5.38. The summed E-state index contributed by atoms with van der Waals surface area (Å²) in [5.74, 6) is 0.894. The molecule has 0 radical (unpaired) electrons. The minimum atomic E-state index is 0.107. The normalized spacial score (nSPS) is 25.2. The first-order chi connectivity index (χ1) is 8.84. The van der Waals surface area contributed by atoms with Gasteiger partial charge in [-0.3, -0.25) is 9.69 Å². The lowest BCUT2D eigenvalue weighted by Gasteiger charge is -2.36. The van der Waals surface area contributed by atoms with Crippen molar-refractivity contribution in [3.05, 3.63) is 34.7 Å². The molecule has 0 spiro atoms. The van der Waals surface area contributed by atoms with E-state index in [1.807, 2.05) is 16.8 Å². The van der Waals surface area contributed by atoms with E-state index < -0.39 is 0 Å². The molecule has 1 aliphatic heterocycles. The molecule has 98 valence electrons. The van der Waals surface area contributed by atoms with Crippen LogP contribution in [0.5, 0.6) is 0 Å². The van der Waals surface area contributed by atoms with E-state index in [0.717, 1.165) is 38.6 Å². The zero-order valence-electron chi connectivity index (χ0n) is 10.7. The highest BCUT2D eigenvalue weighted by molar-refractivity contribution is 4.95. The van der Waals surface area contributed by atoms with Crippen LogP contribution < -0.4 is 10.9 Å². The maximum Gasteiger partial charge on any atom is 0.250 e. The SMILES string of the molecule is O=c1ccccn1CCN1CCNCC1C1CC1. The molecule has 0 bridgehead atoms. The lowest BCUT2D eigenvalue weighted by Crippen LogP contribution is -2.53. The molecule has 4 heteroatoms. The van der Waals surface area contributed by atoms with Crippen molar-refractivity contribution in [2.24, 2.45) is 5.92 Å². The van der Waals surface area contributed by atoms with Crippen LogP contribution in [-0.2, 0) is 6.54 Å². The Morgan fingerprint density at radius 2 is 2.17 bits per heavy atom. The van der Waals surface area contributed by atoms with Gasteiger partial charge in [-0.05, 0) is 24.8 Å². The summed E-state index contributed by atoms with van der Waals surface area (Å²) in [6.45, 7) is 5.11. The molecule has 1 aliphatic carbocycles. The predicted octanol–water partition coefficient (Wildman–Crippen LogP) is 0.532. The molecule has 2 heterocycles. The van der Waals surface area contributed by atoms with Gasteiger partial charge in [-0.25, -0.2) is 0 Å². The molecular formula is C14H21N3O. The van der Waals surface area contributed by atoms with Gasteiger partial charge in [-0.2, -0.15) is 0 Å². The van der Waals surface area contributed by atoms with E-state index in [9.17, 15) is 4.79 Å². The van der Waals surface area contributed by atoms with Gasteiger partial charge in [0, 0.05) is 51.0 Å². The van der Waals surface area contributed by atoms with Gasteiger partial charge in [0.05, 0.1) is 0 Å². The van der Waals surface area contributed by atoms with E-state index in [0.29, 0.717) is 6.04 Å². The number of aromatic nitrogens is 1. The van der Waals surface area contributed by atoms with E-state index >= 15 is 0 Å². The fraction of sp³-hybridized carbons (Fsp3) is 0.643. The molecule has 2 fully saturated rings. The number of nitrogens with one attached hydrogen (secondary N) is 1. The van der Waals surface area contributed by atoms with Crippen LogP contribution in [-0.4, -0.2) is 41.7 Å². The first-order valence-electron chi connectivity index (χ1n) is 6.95. The second kappa shape index (κ2) is 5.24. The molecule has 1 unspecified atom stereocenters. The lowest BCUT2D eigenvalue weighted by molar-refractivity contribution is 0.138. The summed E-state index contributed by atoms with van der Waals surface area (Å²) in [5.41, 5.74) is 0.107. The summed E-state index contributed by atoms with van der Waals surface area (Å²) in [7, 11) is 0. The molecule has 2 aliphatic rings. The lowest BCUT2D eigenvalue weighted by atomic mass is 10.1. The number of nitrogens with zero attached hydrogens (tertiary/aromatic N) is 2. The fourth-order valence-electron chi connectivity index (χ4n) is 2.87. The third-order valence-corrected chi connectivity index (χ3v) is 4.09. The molecule has 1 saturated carbocycles.